The average Bonchev–Trinajstić information content (AvgIpc) is 3.52. The van der Waals surface area contributed by atoms with Crippen molar-refractivity contribution in [2.24, 2.45) is 0 Å². The second-order valence-corrected chi connectivity index (χ2v) is 8.68. The molecule has 33 heavy (non-hydrogen) atoms. The molecular formula is C25H22N4O3S. The first kappa shape index (κ1) is 21.0. The van der Waals surface area contributed by atoms with Gasteiger partial charge in [0.25, 0.3) is 5.89 Å². The number of allylic oxidation sites excluding steroid dienone is 1. The van der Waals surface area contributed by atoms with Crippen molar-refractivity contribution in [3.63, 3.8) is 0 Å². The second-order valence-electron chi connectivity index (χ2n) is 7.73. The van der Waals surface area contributed by atoms with Crippen LogP contribution in [0.5, 0.6) is 5.75 Å². The van der Waals surface area contributed by atoms with Gasteiger partial charge in [-0.15, -0.1) is 11.3 Å². The molecule has 0 radical (unpaired) electrons. The number of rotatable bonds is 5. The van der Waals surface area contributed by atoms with Gasteiger partial charge >= 0.3 is 6.03 Å². The fraction of sp³-hybridized carbons (Fsp3) is 0.160. The van der Waals surface area contributed by atoms with Crippen LogP contribution in [0.4, 0.5) is 10.5 Å². The minimum absolute atomic E-state index is 0.231. The largest absolute Gasteiger partial charge is 0.497 e. The van der Waals surface area contributed by atoms with Gasteiger partial charge < -0.3 is 14.6 Å². The lowest BCUT2D eigenvalue weighted by atomic mass is 9.94. The van der Waals surface area contributed by atoms with Gasteiger partial charge in [0.2, 0.25) is 5.82 Å². The molecule has 8 heteroatoms. The minimum atomic E-state index is -0.481. The Balaban J connectivity index is 1.66. The van der Waals surface area contributed by atoms with Crippen LogP contribution >= 0.6 is 11.3 Å². The number of hydrogen-bond acceptors (Lipinski definition) is 6. The van der Waals surface area contributed by atoms with Gasteiger partial charge in [-0.3, -0.25) is 4.90 Å². The molecule has 2 aromatic heterocycles. The lowest BCUT2D eigenvalue weighted by Crippen LogP contribution is -2.46. The molecule has 2 aromatic carbocycles. The highest BCUT2D eigenvalue weighted by Gasteiger charge is 2.36. The molecule has 0 saturated heterocycles. The maximum Gasteiger partial charge on any atom is 0.326 e. The summed E-state index contributed by atoms with van der Waals surface area (Å²) in [6.07, 6.45) is 0. The van der Waals surface area contributed by atoms with Gasteiger partial charge in [0.15, 0.2) is 0 Å². The van der Waals surface area contributed by atoms with E-state index in [2.05, 4.69) is 15.5 Å². The number of ether oxygens (including phenoxy) is 1. The van der Waals surface area contributed by atoms with Gasteiger partial charge in [0, 0.05) is 5.70 Å². The number of benzene rings is 2. The number of carbonyl (C=O) groups excluding carboxylic acids is 1. The number of aromatic nitrogens is 2. The summed E-state index contributed by atoms with van der Waals surface area (Å²) >= 11 is 1.54. The van der Waals surface area contributed by atoms with Gasteiger partial charge in [-0.1, -0.05) is 41.1 Å². The number of thiophene rings is 1. The molecular weight excluding hydrogens is 436 g/mol. The maximum absolute atomic E-state index is 13.3. The summed E-state index contributed by atoms with van der Waals surface area (Å²) < 4.78 is 11.1. The summed E-state index contributed by atoms with van der Waals surface area (Å²) in [5.74, 6) is 1.58. The summed E-state index contributed by atoms with van der Waals surface area (Å²) in [5, 5.41) is 9.28. The number of methoxy groups -OCH3 is 1. The summed E-state index contributed by atoms with van der Waals surface area (Å²) in [4.78, 5) is 20.5. The Morgan fingerprint density at radius 3 is 2.64 bits per heavy atom. The minimum Gasteiger partial charge on any atom is -0.497 e. The lowest BCUT2D eigenvalue weighted by molar-refractivity contribution is 0.244. The van der Waals surface area contributed by atoms with Crippen molar-refractivity contribution in [1.29, 1.82) is 0 Å². The number of urea groups is 1. The first-order valence-electron chi connectivity index (χ1n) is 10.4. The van der Waals surface area contributed by atoms with Crippen molar-refractivity contribution in [1.82, 2.24) is 15.5 Å². The third-order valence-corrected chi connectivity index (χ3v) is 6.47. The smallest absolute Gasteiger partial charge is 0.326 e. The summed E-state index contributed by atoms with van der Waals surface area (Å²) in [5.41, 5.74) is 4.19. The van der Waals surface area contributed by atoms with Gasteiger partial charge in [-0.25, -0.2) is 4.79 Å². The molecule has 0 aliphatic carbocycles. The number of carbonyl (C=O) groups is 1. The van der Waals surface area contributed by atoms with Crippen LogP contribution < -0.4 is 15.0 Å². The Morgan fingerprint density at radius 2 is 1.91 bits per heavy atom. The molecule has 3 heterocycles. The van der Waals surface area contributed by atoms with E-state index in [1.165, 1.54) is 0 Å². The average molecular weight is 459 g/mol. The first-order chi connectivity index (χ1) is 16.0. The number of nitrogens with zero attached hydrogens (tertiary/aromatic N) is 3. The predicted molar refractivity (Wildman–Crippen MR) is 128 cm³/mol. The van der Waals surface area contributed by atoms with Crippen molar-refractivity contribution in [3.8, 4) is 16.5 Å². The molecule has 1 aliphatic rings. The van der Waals surface area contributed by atoms with E-state index in [1.54, 1.807) is 23.3 Å². The van der Waals surface area contributed by atoms with Crippen LogP contribution in [-0.2, 0) is 0 Å². The highest BCUT2D eigenvalue weighted by Crippen LogP contribution is 2.40. The fourth-order valence-corrected chi connectivity index (χ4v) is 4.58. The number of hydrogen-bond donors (Lipinski definition) is 1. The first-order valence-corrected chi connectivity index (χ1v) is 11.3. The zero-order valence-electron chi connectivity index (χ0n) is 18.4. The molecule has 4 aromatic rings. The van der Waals surface area contributed by atoms with E-state index in [4.69, 9.17) is 9.26 Å². The van der Waals surface area contributed by atoms with Gasteiger partial charge in [-0.05, 0) is 55.1 Å². The Morgan fingerprint density at radius 1 is 1.09 bits per heavy atom. The SMILES string of the molecule is COc1cccc(C2NC(=O)N(c3ccc(C)cc3)C(C)=C2c2nc(-c3cccs3)no2)c1. The fourth-order valence-electron chi connectivity index (χ4n) is 3.93. The van der Waals surface area contributed by atoms with Crippen molar-refractivity contribution < 1.29 is 14.1 Å². The normalized spacial score (nSPS) is 16.2. The van der Waals surface area contributed by atoms with E-state index >= 15 is 0 Å². The Bertz CT molecular complexity index is 1330. The highest BCUT2D eigenvalue weighted by atomic mass is 32.1. The molecule has 5 rings (SSSR count). The van der Waals surface area contributed by atoms with E-state index in [0.29, 0.717) is 17.5 Å². The lowest BCUT2D eigenvalue weighted by Gasteiger charge is -2.35. The molecule has 0 spiro atoms. The molecule has 0 fully saturated rings. The van der Waals surface area contributed by atoms with E-state index in [0.717, 1.165) is 33.0 Å². The Labute approximate surface area is 195 Å². The summed E-state index contributed by atoms with van der Waals surface area (Å²) in [6, 6.07) is 18.6. The van der Waals surface area contributed by atoms with Crippen molar-refractivity contribution in [2.45, 2.75) is 19.9 Å². The number of nitrogens with one attached hydrogen (secondary N) is 1. The Kier molecular flexibility index (Phi) is 5.43. The molecule has 1 N–H and O–H groups in total. The molecule has 0 saturated carbocycles. The van der Waals surface area contributed by atoms with Gasteiger partial charge in [-0.2, -0.15) is 4.98 Å². The molecule has 1 aliphatic heterocycles. The van der Waals surface area contributed by atoms with Crippen molar-refractivity contribution in [2.75, 3.05) is 12.0 Å². The summed E-state index contributed by atoms with van der Waals surface area (Å²) in [6.45, 7) is 3.91. The van der Waals surface area contributed by atoms with Crippen LogP contribution in [0.2, 0.25) is 0 Å². The van der Waals surface area contributed by atoms with E-state index in [9.17, 15) is 4.79 Å². The number of aryl methyl sites for hydroxylation is 1. The van der Waals surface area contributed by atoms with Crippen molar-refractivity contribution in [3.05, 3.63) is 88.8 Å². The van der Waals surface area contributed by atoms with Crippen LogP contribution in [-0.4, -0.2) is 23.3 Å². The molecule has 166 valence electrons. The van der Waals surface area contributed by atoms with E-state index in [1.807, 2.05) is 79.9 Å². The van der Waals surface area contributed by atoms with Gasteiger partial charge in [0.1, 0.15) is 5.75 Å². The third-order valence-electron chi connectivity index (χ3n) is 5.60. The molecule has 1 unspecified atom stereocenters. The quantitative estimate of drug-likeness (QED) is 0.408. The topological polar surface area (TPSA) is 80.5 Å². The summed E-state index contributed by atoms with van der Waals surface area (Å²) in [7, 11) is 1.62. The molecule has 0 bridgehead atoms. The molecule has 2 amide bonds. The zero-order chi connectivity index (χ0) is 22.9. The maximum atomic E-state index is 13.3. The van der Waals surface area contributed by atoms with Crippen molar-refractivity contribution >= 4 is 28.6 Å². The predicted octanol–water partition coefficient (Wildman–Crippen LogP) is 5.82. The van der Waals surface area contributed by atoms with E-state index in [-0.39, 0.29) is 6.03 Å². The van der Waals surface area contributed by atoms with Crippen LogP contribution in [0.25, 0.3) is 16.3 Å². The number of amides is 2. The molecule has 7 nitrogen and oxygen atoms in total. The third kappa shape index (κ3) is 3.89. The molecule has 1 atom stereocenters. The second kappa shape index (κ2) is 8.55. The van der Waals surface area contributed by atoms with Crippen LogP contribution in [0.1, 0.15) is 30.0 Å². The standard InChI is InChI=1S/C25H22N4O3S/c1-15-9-11-18(12-10-15)29-16(2)21(24-27-23(28-32-24)20-8-5-13-33-20)22(26-25(29)30)17-6-4-7-19(14-17)31-3/h4-14,22H,1-3H3,(H,26,30). The van der Waals surface area contributed by atoms with E-state index < -0.39 is 6.04 Å². The number of anilines is 1. The van der Waals surface area contributed by atoms with Crippen LogP contribution in [0.15, 0.2) is 76.3 Å². The monoisotopic (exact) mass is 458 g/mol. The van der Waals surface area contributed by atoms with Crippen LogP contribution in [0.3, 0.4) is 0 Å². The highest BCUT2D eigenvalue weighted by molar-refractivity contribution is 7.13. The van der Waals surface area contributed by atoms with Crippen LogP contribution in [0, 0.1) is 6.92 Å². The van der Waals surface area contributed by atoms with Gasteiger partial charge in [0.05, 0.1) is 29.3 Å². The zero-order valence-corrected chi connectivity index (χ0v) is 19.2. The Hall–Kier alpha value is -3.91.